The molecule has 4 N–H and O–H groups in total. The maximum absolute atomic E-state index is 11.8. The summed E-state index contributed by atoms with van der Waals surface area (Å²) in [6.45, 7) is 1.50. The minimum atomic E-state index is -4.25. The van der Waals surface area contributed by atoms with Crippen LogP contribution in [0.4, 0.5) is 0 Å². The SMILES string of the molecule is CCCCCCCCCCCCCCCCCCCCCCCCCCCCCCCCCCC(=O)OCC(O)COP(=O)(O)OCCN. The van der Waals surface area contributed by atoms with Gasteiger partial charge in [-0.3, -0.25) is 13.8 Å². The molecule has 0 aliphatic carbocycles. The summed E-state index contributed by atoms with van der Waals surface area (Å²) < 4.78 is 25.7. The first-order chi connectivity index (χ1) is 23.9. The molecule has 0 aromatic heterocycles. The molecule has 0 amide bonds. The van der Waals surface area contributed by atoms with Crippen molar-refractivity contribution in [2.45, 2.75) is 225 Å². The highest BCUT2D eigenvalue weighted by atomic mass is 31.2. The monoisotopic (exact) mass is 720 g/mol. The Morgan fingerprint density at radius 1 is 0.531 bits per heavy atom. The molecular weight excluding hydrogens is 637 g/mol. The number of ether oxygens (including phenoxy) is 1. The first-order valence-electron chi connectivity index (χ1n) is 21.1. The number of aliphatic hydroxyl groups is 1. The van der Waals surface area contributed by atoms with Crippen LogP contribution in [0.2, 0.25) is 0 Å². The van der Waals surface area contributed by atoms with Crippen molar-refractivity contribution >= 4 is 13.8 Å². The van der Waals surface area contributed by atoms with Gasteiger partial charge in [0.25, 0.3) is 0 Å². The Balaban J connectivity index is 3.23. The normalized spacial score (nSPS) is 13.5. The van der Waals surface area contributed by atoms with Crippen LogP contribution >= 0.6 is 7.82 Å². The Hall–Kier alpha value is -0.500. The average Bonchev–Trinajstić information content (AvgIpc) is 3.09. The molecule has 9 heteroatoms. The van der Waals surface area contributed by atoms with Gasteiger partial charge in [0.2, 0.25) is 0 Å². The van der Waals surface area contributed by atoms with E-state index in [1.807, 2.05) is 0 Å². The molecular formula is C40H82NO7P. The third kappa shape index (κ3) is 40.1. The van der Waals surface area contributed by atoms with Crippen molar-refractivity contribution in [2.75, 3.05) is 26.4 Å². The van der Waals surface area contributed by atoms with Gasteiger partial charge in [0.05, 0.1) is 13.2 Å². The second kappa shape index (κ2) is 38.7. The van der Waals surface area contributed by atoms with Crippen LogP contribution in [-0.2, 0) is 23.1 Å². The second-order valence-electron chi connectivity index (χ2n) is 14.4. The molecule has 0 spiro atoms. The maximum Gasteiger partial charge on any atom is 0.472 e. The number of hydrogen-bond acceptors (Lipinski definition) is 7. The molecule has 8 nitrogen and oxygen atoms in total. The van der Waals surface area contributed by atoms with Crippen molar-refractivity contribution in [3.05, 3.63) is 0 Å². The highest BCUT2D eigenvalue weighted by Crippen LogP contribution is 2.42. The Kier molecular flexibility index (Phi) is 38.3. The third-order valence-corrected chi connectivity index (χ3v) is 10.5. The summed E-state index contributed by atoms with van der Waals surface area (Å²) in [7, 11) is -4.25. The number of phosphoric acid groups is 1. The third-order valence-electron chi connectivity index (χ3n) is 9.47. The lowest BCUT2D eigenvalue weighted by molar-refractivity contribution is -0.147. The molecule has 0 aliphatic rings. The fraction of sp³-hybridized carbons (Fsp3) is 0.975. The molecule has 0 saturated carbocycles. The molecule has 0 radical (unpaired) electrons. The zero-order valence-electron chi connectivity index (χ0n) is 32.2. The fourth-order valence-electron chi connectivity index (χ4n) is 6.34. The van der Waals surface area contributed by atoms with Crippen LogP contribution in [0, 0.1) is 0 Å². The Morgan fingerprint density at radius 3 is 1.14 bits per heavy atom. The lowest BCUT2D eigenvalue weighted by Gasteiger charge is -2.15. The van der Waals surface area contributed by atoms with E-state index < -0.39 is 20.5 Å². The van der Waals surface area contributed by atoms with Gasteiger partial charge < -0.3 is 20.5 Å². The molecule has 0 heterocycles. The molecule has 294 valence electrons. The minimum Gasteiger partial charge on any atom is -0.463 e. The summed E-state index contributed by atoms with van der Waals surface area (Å²) in [5, 5.41) is 9.76. The van der Waals surface area contributed by atoms with Crippen LogP contribution in [-0.4, -0.2) is 48.4 Å². The summed E-state index contributed by atoms with van der Waals surface area (Å²) in [5.41, 5.74) is 5.20. The van der Waals surface area contributed by atoms with E-state index in [-0.39, 0.29) is 25.7 Å². The van der Waals surface area contributed by atoms with Crippen molar-refractivity contribution in [1.82, 2.24) is 0 Å². The number of phosphoric ester groups is 1. The van der Waals surface area contributed by atoms with E-state index in [2.05, 4.69) is 16.0 Å². The van der Waals surface area contributed by atoms with Crippen molar-refractivity contribution in [3.8, 4) is 0 Å². The van der Waals surface area contributed by atoms with E-state index >= 15 is 0 Å². The number of hydrogen-bond donors (Lipinski definition) is 3. The number of esters is 1. The van der Waals surface area contributed by atoms with Gasteiger partial charge in [0.1, 0.15) is 12.7 Å². The van der Waals surface area contributed by atoms with Gasteiger partial charge in [0, 0.05) is 13.0 Å². The van der Waals surface area contributed by atoms with Crippen LogP contribution in [0.1, 0.15) is 219 Å². The topological polar surface area (TPSA) is 128 Å². The second-order valence-corrected chi connectivity index (χ2v) is 15.9. The minimum absolute atomic E-state index is 0.0772. The van der Waals surface area contributed by atoms with Crippen LogP contribution in [0.15, 0.2) is 0 Å². The highest BCUT2D eigenvalue weighted by Gasteiger charge is 2.22. The van der Waals surface area contributed by atoms with Crippen LogP contribution in [0.5, 0.6) is 0 Å². The van der Waals surface area contributed by atoms with Crippen molar-refractivity contribution < 1.29 is 33.1 Å². The number of aliphatic hydroxyl groups excluding tert-OH is 1. The molecule has 0 aliphatic heterocycles. The molecule has 0 rings (SSSR count). The van der Waals surface area contributed by atoms with Crippen LogP contribution in [0.25, 0.3) is 0 Å². The summed E-state index contributed by atoms with van der Waals surface area (Å²) in [6, 6.07) is 0. The first kappa shape index (κ1) is 48.5. The molecule has 2 unspecified atom stereocenters. The molecule has 0 bridgehead atoms. The van der Waals surface area contributed by atoms with Crippen molar-refractivity contribution in [3.63, 3.8) is 0 Å². The van der Waals surface area contributed by atoms with Gasteiger partial charge >= 0.3 is 13.8 Å². The van der Waals surface area contributed by atoms with E-state index in [1.54, 1.807) is 0 Å². The van der Waals surface area contributed by atoms with Crippen LogP contribution < -0.4 is 5.73 Å². The molecule has 0 saturated heterocycles. The zero-order chi connectivity index (χ0) is 35.9. The van der Waals surface area contributed by atoms with E-state index in [1.165, 1.54) is 186 Å². The van der Waals surface area contributed by atoms with Gasteiger partial charge in [-0.05, 0) is 6.42 Å². The quantitative estimate of drug-likeness (QED) is 0.0323. The predicted octanol–water partition coefficient (Wildman–Crippen LogP) is 11.9. The van der Waals surface area contributed by atoms with Gasteiger partial charge in [-0.1, -0.05) is 206 Å². The average molecular weight is 720 g/mol. The fourth-order valence-corrected chi connectivity index (χ4v) is 7.11. The first-order valence-corrected chi connectivity index (χ1v) is 22.6. The molecule has 0 fully saturated rings. The number of nitrogens with two attached hydrogens (primary N) is 1. The summed E-state index contributed by atoms with van der Waals surface area (Å²) >= 11 is 0. The van der Waals surface area contributed by atoms with Crippen LogP contribution in [0.3, 0.4) is 0 Å². The lowest BCUT2D eigenvalue weighted by atomic mass is 10.0. The lowest BCUT2D eigenvalue weighted by Crippen LogP contribution is -2.23. The Labute approximate surface area is 303 Å². The van der Waals surface area contributed by atoms with E-state index in [9.17, 15) is 19.4 Å². The maximum atomic E-state index is 11.8. The molecule has 0 aromatic rings. The number of carbonyl (C=O) groups excluding carboxylic acids is 1. The highest BCUT2D eigenvalue weighted by molar-refractivity contribution is 7.47. The van der Waals surface area contributed by atoms with E-state index in [4.69, 9.17) is 10.5 Å². The van der Waals surface area contributed by atoms with Gasteiger partial charge in [-0.15, -0.1) is 0 Å². The Morgan fingerprint density at radius 2 is 0.837 bits per heavy atom. The van der Waals surface area contributed by atoms with Gasteiger partial charge in [-0.25, -0.2) is 4.57 Å². The summed E-state index contributed by atoms with van der Waals surface area (Å²) in [5.74, 6) is -0.379. The molecule has 2 atom stereocenters. The number of rotatable bonds is 41. The van der Waals surface area contributed by atoms with Gasteiger partial charge in [0.15, 0.2) is 0 Å². The number of carbonyl (C=O) groups is 1. The largest absolute Gasteiger partial charge is 0.472 e. The van der Waals surface area contributed by atoms with E-state index in [0.29, 0.717) is 6.42 Å². The predicted molar refractivity (Wildman–Crippen MR) is 206 cm³/mol. The zero-order valence-corrected chi connectivity index (χ0v) is 33.1. The van der Waals surface area contributed by atoms with E-state index in [0.717, 1.165) is 19.3 Å². The molecule has 0 aromatic carbocycles. The van der Waals surface area contributed by atoms with Gasteiger partial charge in [-0.2, -0.15) is 0 Å². The summed E-state index contributed by atoms with van der Waals surface area (Å²) in [6.07, 6.45) is 43.0. The molecule has 49 heavy (non-hydrogen) atoms. The smallest absolute Gasteiger partial charge is 0.463 e. The Bertz CT molecular complexity index is 727. The van der Waals surface area contributed by atoms with Crippen molar-refractivity contribution in [2.24, 2.45) is 5.73 Å². The standard InChI is InChI=1S/C40H82NO7P/c1-2-3-4-5-6-7-8-9-10-11-12-13-14-15-16-17-18-19-20-21-22-23-24-25-26-27-28-29-30-31-32-33-34-40(43)46-37-39(42)38-48-49(44,45)47-36-35-41/h39,42H,2-38,41H2,1H3,(H,44,45). The number of unbranched alkanes of at least 4 members (excludes halogenated alkanes) is 31. The van der Waals surface area contributed by atoms with Crippen molar-refractivity contribution in [1.29, 1.82) is 0 Å². The summed E-state index contributed by atoms with van der Waals surface area (Å²) in [4.78, 5) is 21.2.